The van der Waals surface area contributed by atoms with E-state index in [1.165, 1.54) is 0 Å². The summed E-state index contributed by atoms with van der Waals surface area (Å²) in [5, 5.41) is 14.5. The summed E-state index contributed by atoms with van der Waals surface area (Å²) < 4.78 is 0.274. The average Bonchev–Trinajstić information content (AvgIpc) is 2.25. The van der Waals surface area contributed by atoms with E-state index < -0.39 is 0 Å². The van der Waals surface area contributed by atoms with Crippen molar-refractivity contribution in [3.63, 3.8) is 0 Å². The van der Waals surface area contributed by atoms with Crippen LogP contribution in [0, 0.1) is 0 Å². The lowest BCUT2D eigenvalue weighted by Gasteiger charge is -2.29. The second kappa shape index (κ2) is 6.95. The minimum Gasteiger partial charge on any atom is -0.409 e. The molecule has 0 saturated carbocycles. The van der Waals surface area contributed by atoms with Crippen molar-refractivity contribution in [1.29, 1.82) is 0 Å². The zero-order valence-corrected chi connectivity index (χ0v) is 10.0. The molecular weight excluding hydrogens is 198 g/mol. The zero-order valence-electron chi connectivity index (χ0n) is 9.21. The van der Waals surface area contributed by atoms with Crippen LogP contribution in [-0.2, 0) is 0 Å². The maximum absolute atomic E-state index is 8.35. The lowest BCUT2D eigenvalue weighted by atomic mass is 10.0. The maximum Gasteiger partial charge on any atom is 0.153 e. The highest BCUT2D eigenvalue weighted by molar-refractivity contribution is 8.00. The molecule has 0 heterocycles. The van der Waals surface area contributed by atoms with Crippen LogP contribution in [0.3, 0.4) is 0 Å². The smallest absolute Gasteiger partial charge is 0.153 e. The number of rotatable bonds is 7. The zero-order chi connectivity index (χ0) is 11.0. The fourth-order valence-electron chi connectivity index (χ4n) is 1.31. The molecule has 0 aliphatic heterocycles. The molecule has 0 spiro atoms. The monoisotopic (exact) mass is 219 g/mol. The Morgan fingerprint density at radius 3 is 2.43 bits per heavy atom. The molecule has 5 heteroatoms. The molecule has 14 heavy (non-hydrogen) atoms. The van der Waals surface area contributed by atoms with E-state index >= 15 is 0 Å². The molecule has 4 nitrogen and oxygen atoms in total. The van der Waals surface area contributed by atoms with Crippen LogP contribution in [0.25, 0.3) is 0 Å². The van der Waals surface area contributed by atoms with E-state index in [0.717, 1.165) is 19.4 Å². The third kappa shape index (κ3) is 4.19. The van der Waals surface area contributed by atoms with Gasteiger partial charge in [0.05, 0.1) is 6.54 Å². The van der Waals surface area contributed by atoms with Crippen LogP contribution in [0.15, 0.2) is 5.16 Å². The van der Waals surface area contributed by atoms with Gasteiger partial charge in [0.25, 0.3) is 0 Å². The molecule has 0 aliphatic rings. The van der Waals surface area contributed by atoms with E-state index in [1.54, 1.807) is 0 Å². The molecule has 4 N–H and O–H groups in total. The van der Waals surface area contributed by atoms with Crippen LogP contribution in [0.2, 0.25) is 0 Å². The van der Waals surface area contributed by atoms with Crippen molar-refractivity contribution in [2.24, 2.45) is 10.9 Å². The molecule has 0 unspecified atom stereocenters. The van der Waals surface area contributed by atoms with Gasteiger partial charge >= 0.3 is 0 Å². The Balaban J connectivity index is 3.94. The predicted octanol–water partition coefficient (Wildman–Crippen LogP) is 1.24. The Bertz CT molecular complexity index is 173. The topological polar surface area (TPSA) is 70.6 Å². The number of nitrogens with one attached hydrogen (secondary N) is 1. The Morgan fingerprint density at radius 2 is 2.07 bits per heavy atom. The van der Waals surface area contributed by atoms with Gasteiger partial charge in [-0.25, -0.2) is 0 Å². The molecule has 0 bridgehead atoms. The number of thioether (sulfide) groups is 1. The largest absolute Gasteiger partial charge is 0.409 e. The van der Waals surface area contributed by atoms with Crippen molar-refractivity contribution in [2.75, 3.05) is 19.3 Å². The third-order valence-corrected chi connectivity index (χ3v) is 4.19. The lowest BCUT2D eigenvalue weighted by molar-refractivity contribution is 0.317. The summed E-state index contributed by atoms with van der Waals surface area (Å²) in [5.74, 6) is 0.229. The van der Waals surface area contributed by atoms with Gasteiger partial charge in [-0.3, -0.25) is 0 Å². The first-order chi connectivity index (χ1) is 6.64. The fourth-order valence-corrected chi connectivity index (χ4v) is 2.14. The summed E-state index contributed by atoms with van der Waals surface area (Å²) in [6.45, 7) is 5.70. The molecule has 0 aromatic heterocycles. The van der Waals surface area contributed by atoms with Crippen molar-refractivity contribution >= 4 is 17.6 Å². The SMILES string of the molecule is CCC(CC)(CNCC(N)=NO)SC. The van der Waals surface area contributed by atoms with Crippen molar-refractivity contribution < 1.29 is 5.21 Å². The Hall–Kier alpha value is -0.420. The molecule has 0 saturated heterocycles. The second-order valence-electron chi connectivity index (χ2n) is 3.29. The standard InChI is InChI=1S/C9H21N3OS/c1-4-9(5-2,14-3)7-11-6-8(10)12-13/h11,13H,4-7H2,1-3H3,(H2,10,12). The molecular formula is C9H21N3OS. The van der Waals surface area contributed by atoms with Crippen molar-refractivity contribution in [2.45, 2.75) is 31.4 Å². The van der Waals surface area contributed by atoms with E-state index in [1.807, 2.05) is 11.8 Å². The molecule has 0 fully saturated rings. The van der Waals surface area contributed by atoms with E-state index in [-0.39, 0.29) is 10.6 Å². The molecule has 0 rings (SSSR count). The molecule has 0 radical (unpaired) electrons. The summed E-state index contributed by atoms with van der Waals surface area (Å²) in [6, 6.07) is 0. The third-order valence-electron chi connectivity index (χ3n) is 2.60. The molecule has 0 aliphatic carbocycles. The van der Waals surface area contributed by atoms with Gasteiger partial charge in [0.1, 0.15) is 0 Å². The number of nitrogens with two attached hydrogens (primary N) is 1. The van der Waals surface area contributed by atoms with Gasteiger partial charge in [0.15, 0.2) is 5.84 Å². The van der Waals surface area contributed by atoms with E-state index in [0.29, 0.717) is 6.54 Å². The first-order valence-electron chi connectivity index (χ1n) is 4.86. The first-order valence-corrected chi connectivity index (χ1v) is 6.08. The number of amidine groups is 1. The summed E-state index contributed by atoms with van der Waals surface area (Å²) >= 11 is 1.87. The van der Waals surface area contributed by atoms with Crippen molar-refractivity contribution in [3.05, 3.63) is 0 Å². The van der Waals surface area contributed by atoms with E-state index in [9.17, 15) is 0 Å². The Kier molecular flexibility index (Phi) is 6.74. The molecule has 0 atom stereocenters. The second-order valence-corrected chi connectivity index (χ2v) is 4.56. The van der Waals surface area contributed by atoms with Crippen LogP contribution in [0.4, 0.5) is 0 Å². The van der Waals surface area contributed by atoms with Crippen molar-refractivity contribution in [1.82, 2.24) is 5.32 Å². The molecule has 84 valence electrons. The van der Waals surface area contributed by atoms with Gasteiger partial charge in [-0.05, 0) is 19.1 Å². The Morgan fingerprint density at radius 1 is 1.50 bits per heavy atom. The number of hydrogen-bond donors (Lipinski definition) is 3. The van der Waals surface area contributed by atoms with Gasteiger partial charge < -0.3 is 16.3 Å². The van der Waals surface area contributed by atoms with E-state index in [4.69, 9.17) is 10.9 Å². The van der Waals surface area contributed by atoms with Crippen LogP contribution in [0.1, 0.15) is 26.7 Å². The van der Waals surface area contributed by atoms with Gasteiger partial charge in [-0.2, -0.15) is 11.8 Å². The quantitative estimate of drug-likeness (QED) is 0.261. The van der Waals surface area contributed by atoms with Crippen LogP contribution >= 0.6 is 11.8 Å². The predicted molar refractivity (Wildman–Crippen MR) is 63.1 cm³/mol. The van der Waals surface area contributed by atoms with Crippen LogP contribution < -0.4 is 11.1 Å². The minimum atomic E-state index is 0.229. The van der Waals surface area contributed by atoms with Gasteiger partial charge in [-0.15, -0.1) is 0 Å². The highest BCUT2D eigenvalue weighted by atomic mass is 32.2. The molecule has 0 amide bonds. The van der Waals surface area contributed by atoms with E-state index in [2.05, 4.69) is 30.6 Å². The number of hydrogen-bond acceptors (Lipinski definition) is 4. The maximum atomic E-state index is 8.35. The van der Waals surface area contributed by atoms with Gasteiger partial charge in [0, 0.05) is 11.3 Å². The van der Waals surface area contributed by atoms with Crippen LogP contribution in [-0.4, -0.2) is 35.1 Å². The number of oxime groups is 1. The molecule has 0 aromatic rings. The summed E-state index contributed by atoms with van der Waals surface area (Å²) in [5.41, 5.74) is 5.36. The van der Waals surface area contributed by atoms with Crippen LogP contribution in [0.5, 0.6) is 0 Å². The van der Waals surface area contributed by atoms with Crippen molar-refractivity contribution in [3.8, 4) is 0 Å². The Labute approximate surface area is 90.3 Å². The number of nitrogens with zero attached hydrogens (tertiary/aromatic N) is 1. The average molecular weight is 219 g/mol. The first kappa shape index (κ1) is 13.6. The van der Waals surface area contributed by atoms with Gasteiger partial charge in [0.2, 0.25) is 0 Å². The minimum absolute atomic E-state index is 0.229. The fraction of sp³-hybridized carbons (Fsp3) is 0.889. The molecule has 0 aromatic carbocycles. The summed E-state index contributed by atoms with van der Waals surface area (Å²) in [7, 11) is 0. The summed E-state index contributed by atoms with van der Waals surface area (Å²) in [4.78, 5) is 0. The normalized spacial score (nSPS) is 13.2. The lowest BCUT2D eigenvalue weighted by Crippen LogP contribution is -2.40. The highest BCUT2D eigenvalue weighted by Gasteiger charge is 2.23. The summed E-state index contributed by atoms with van der Waals surface area (Å²) in [6.07, 6.45) is 4.36. The highest BCUT2D eigenvalue weighted by Crippen LogP contribution is 2.29. The van der Waals surface area contributed by atoms with Gasteiger partial charge in [-0.1, -0.05) is 19.0 Å².